The Balaban J connectivity index is 1.53. The van der Waals surface area contributed by atoms with E-state index in [1.54, 1.807) is 11.5 Å². The molecular formula is C17H19F2N5O2. The molecule has 2 aromatic heterocycles. The molecule has 0 N–H and O–H groups in total. The second kappa shape index (κ2) is 6.62. The van der Waals surface area contributed by atoms with Crippen molar-refractivity contribution in [1.82, 2.24) is 19.5 Å². The van der Waals surface area contributed by atoms with Gasteiger partial charge < -0.3 is 14.2 Å². The van der Waals surface area contributed by atoms with E-state index >= 15 is 0 Å². The van der Waals surface area contributed by atoms with Gasteiger partial charge in [0.15, 0.2) is 5.69 Å². The van der Waals surface area contributed by atoms with E-state index in [1.165, 1.54) is 25.1 Å². The maximum atomic E-state index is 13.5. The average Bonchev–Trinajstić information content (AvgIpc) is 3.02. The average molecular weight is 363 g/mol. The first-order valence-corrected chi connectivity index (χ1v) is 8.63. The number of carbonyl (C=O) groups is 1. The highest BCUT2D eigenvalue weighted by atomic mass is 19.3. The molecule has 26 heavy (non-hydrogen) atoms. The molecule has 138 valence electrons. The van der Waals surface area contributed by atoms with Crippen LogP contribution >= 0.6 is 0 Å². The summed E-state index contributed by atoms with van der Waals surface area (Å²) in [4.78, 5) is 26.0. The first-order valence-electron chi connectivity index (χ1n) is 8.63. The minimum atomic E-state index is -2.70. The summed E-state index contributed by atoms with van der Waals surface area (Å²) in [6.45, 7) is 3.74. The smallest absolute Gasteiger partial charge is 0.358 e. The van der Waals surface area contributed by atoms with Crippen LogP contribution in [0.3, 0.4) is 0 Å². The number of carbonyl (C=O) groups excluding carboxylic acids is 1. The van der Waals surface area contributed by atoms with Gasteiger partial charge in [-0.1, -0.05) is 0 Å². The van der Waals surface area contributed by atoms with Crippen LogP contribution in [0.4, 0.5) is 14.7 Å². The zero-order valence-corrected chi connectivity index (χ0v) is 14.3. The lowest BCUT2D eigenvalue weighted by Crippen LogP contribution is -2.25. The number of esters is 1. The summed E-state index contributed by atoms with van der Waals surface area (Å²) in [6.07, 6.45) is 2.84. The molecule has 0 radical (unpaired) electrons. The molecule has 7 nitrogen and oxygen atoms in total. The van der Waals surface area contributed by atoms with Crippen LogP contribution in [0.1, 0.15) is 41.5 Å². The van der Waals surface area contributed by atoms with Crippen molar-refractivity contribution in [2.24, 2.45) is 11.8 Å². The van der Waals surface area contributed by atoms with Crippen molar-refractivity contribution in [2.45, 2.75) is 26.3 Å². The Bertz CT molecular complexity index is 815. The SMILES string of the molecule is CCOC(=O)c1cn(Cc2cnc(N3CC4CC4C3)nc2C(F)F)cn1. The molecule has 2 unspecified atom stereocenters. The second-order valence-corrected chi connectivity index (χ2v) is 6.69. The van der Waals surface area contributed by atoms with Crippen LogP contribution in [0.15, 0.2) is 18.7 Å². The van der Waals surface area contributed by atoms with E-state index in [1.807, 2.05) is 4.90 Å². The standard InChI is InChI=1S/C17H19F2N5O2/c1-2-26-16(25)13-8-23(9-21-13)5-12-4-20-17(22-14(12)15(18)19)24-6-10-3-11(10)7-24/h4,8-11,15H,2-3,5-7H2,1H3. The molecular weight excluding hydrogens is 344 g/mol. The predicted molar refractivity (Wildman–Crippen MR) is 88.1 cm³/mol. The summed E-state index contributed by atoms with van der Waals surface area (Å²) in [5.41, 5.74) is 0.169. The predicted octanol–water partition coefficient (Wildman–Crippen LogP) is 2.29. The van der Waals surface area contributed by atoms with Gasteiger partial charge in [0.1, 0.15) is 5.69 Å². The minimum absolute atomic E-state index is 0.109. The lowest BCUT2D eigenvalue weighted by atomic mass is 10.2. The Morgan fingerprint density at radius 1 is 1.35 bits per heavy atom. The van der Waals surface area contributed by atoms with Crippen molar-refractivity contribution < 1.29 is 18.3 Å². The summed E-state index contributed by atoms with van der Waals surface area (Å²) < 4.78 is 33.4. The summed E-state index contributed by atoms with van der Waals surface area (Å²) >= 11 is 0. The van der Waals surface area contributed by atoms with Crippen molar-refractivity contribution in [3.05, 3.63) is 35.7 Å². The van der Waals surface area contributed by atoms with Gasteiger partial charge in [0, 0.05) is 31.0 Å². The maximum absolute atomic E-state index is 13.5. The Labute approximate surface area is 149 Å². The van der Waals surface area contributed by atoms with Crippen LogP contribution in [-0.4, -0.2) is 45.2 Å². The van der Waals surface area contributed by atoms with E-state index < -0.39 is 12.4 Å². The first-order chi connectivity index (χ1) is 12.5. The number of aromatic nitrogens is 4. The Hall–Kier alpha value is -2.58. The third kappa shape index (κ3) is 3.25. The van der Waals surface area contributed by atoms with Gasteiger partial charge in [-0.2, -0.15) is 0 Å². The van der Waals surface area contributed by atoms with Gasteiger partial charge >= 0.3 is 5.97 Å². The monoisotopic (exact) mass is 363 g/mol. The normalized spacial score (nSPS) is 21.2. The molecule has 2 aromatic rings. The van der Waals surface area contributed by atoms with Crippen molar-refractivity contribution in [3.8, 4) is 0 Å². The van der Waals surface area contributed by atoms with Gasteiger partial charge in [0.05, 0.1) is 19.5 Å². The summed E-state index contributed by atoms with van der Waals surface area (Å²) in [7, 11) is 0. The van der Waals surface area contributed by atoms with Crippen LogP contribution in [-0.2, 0) is 11.3 Å². The molecule has 1 aliphatic heterocycles. The zero-order chi connectivity index (χ0) is 18.3. The fourth-order valence-corrected chi connectivity index (χ4v) is 3.39. The number of hydrogen-bond donors (Lipinski definition) is 0. The fraction of sp³-hybridized carbons (Fsp3) is 0.529. The molecule has 0 bridgehead atoms. The van der Waals surface area contributed by atoms with Gasteiger partial charge in [0.25, 0.3) is 6.43 Å². The van der Waals surface area contributed by atoms with Crippen LogP contribution in [0.25, 0.3) is 0 Å². The van der Waals surface area contributed by atoms with Crippen LogP contribution in [0, 0.1) is 11.8 Å². The molecule has 2 aliphatic rings. The Kier molecular flexibility index (Phi) is 4.29. The van der Waals surface area contributed by atoms with E-state index in [9.17, 15) is 13.6 Å². The van der Waals surface area contributed by atoms with E-state index in [-0.39, 0.29) is 24.5 Å². The highest BCUT2D eigenvalue weighted by Gasteiger charge is 2.46. The first kappa shape index (κ1) is 16.9. The van der Waals surface area contributed by atoms with Crippen LogP contribution < -0.4 is 4.90 Å². The number of anilines is 1. The molecule has 0 aromatic carbocycles. The number of rotatable bonds is 6. The molecule has 0 amide bonds. The number of halogens is 2. The number of fused-ring (bicyclic) bond motifs is 1. The van der Waals surface area contributed by atoms with Crippen molar-refractivity contribution in [3.63, 3.8) is 0 Å². The van der Waals surface area contributed by atoms with Crippen molar-refractivity contribution in [2.75, 3.05) is 24.6 Å². The van der Waals surface area contributed by atoms with E-state index in [0.717, 1.165) is 13.1 Å². The topological polar surface area (TPSA) is 73.1 Å². The van der Waals surface area contributed by atoms with E-state index in [2.05, 4.69) is 15.0 Å². The number of nitrogens with zero attached hydrogens (tertiary/aromatic N) is 5. The molecule has 1 saturated heterocycles. The zero-order valence-electron chi connectivity index (χ0n) is 14.3. The van der Waals surface area contributed by atoms with Gasteiger partial charge in [0.2, 0.25) is 5.95 Å². The maximum Gasteiger partial charge on any atom is 0.358 e. The third-order valence-corrected chi connectivity index (χ3v) is 4.82. The fourth-order valence-electron chi connectivity index (χ4n) is 3.39. The van der Waals surface area contributed by atoms with Gasteiger partial charge in [-0.3, -0.25) is 0 Å². The van der Waals surface area contributed by atoms with E-state index in [4.69, 9.17) is 4.74 Å². The summed E-state index contributed by atoms with van der Waals surface area (Å²) in [5, 5.41) is 0. The molecule has 0 spiro atoms. The lowest BCUT2D eigenvalue weighted by molar-refractivity contribution is 0.0520. The summed E-state index contributed by atoms with van der Waals surface area (Å²) in [5.74, 6) is 1.16. The minimum Gasteiger partial charge on any atom is -0.461 e. The van der Waals surface area contributed by atoms with Gasteiger partial charge in [-0.25, -0.2) is 28.5 Å². The molecule has 4 rings (SSSR count). The Morgan fingerprint density at radius 2 is 2.12 bits per heavy atom. The largest absolute Gasteiger partial charge is 0.461 e. The van der Waals surface area contributed by atoms with Gasteiger partial charge in [-0.15, -0.1) is 0 Å². The highest BCUT2D eigenvalue weighted by molar-refractivity contribution is 5.86. The van der Waals surface area contributed by atoms with Gasteiger partial charge in [-0.05, 0) is 25.2 Å². The lowest BCUT2D eigenvalue weighted by Gasteiger charge is -2.19. The molecule has 9 heteroatoms. The van der Waals surface area contributed by atoms with Crippen LogP contribution in [0.5, 0.6) is 0 Å². The van der Waals surface area contributed by atoms with E-state index in [0.29, 0.717) is 23.3 Å². The second-order valence-electron chi connectivity index (χ2n) is 6.69. The van der Waals surface area contributed by atoms with Crippen molar-refractivity contribution in [1.29, 1.82) is 0 Å². The third-order valence-electron chi connectivity index (χ3n) is 4.82. The highest BCUT2D eigenvalue weighted by Crippen LogP contribution is 2.45. The number of piperidine rings is 1. The molecule has 3 heterocycles. The number of hydrogen-bond acceptors (Lipinski definition) is 6. The Morgan fingerprint density at radius 3 is 2.81 bits per heavy atom. The quantitative estimate of drug-likeness (QED) is 0.733. The number of imidazole rings is 1. The van der Waals surface area contributed by atoms with Crippen molar-refractivity contribution >= 4 is 11.9 Å². The molecule has 2 fully saturated rings. The molecule has 1 aliphatic carbocycles. The number of alkyl halides is 2. The number of ether oxygens (including phenoxy) is 1. The van der Waals surface area contributed by atoms with Crippen LogP contribution in [0.2, 0.25) is 0 Å². The summed E-state index contributed by atoms with van der Waals surface area (Å²) in [6, 6.07) is 0. The molecule has 1 saturated carbocycles. The molecule has 2 atom stereocenters.